The van der Waals surface area contributed by atoms with Gasteiger partial charge < -0.3 is 15.5 Å². The summed E-state index contributed by atoms with van der Waals surface area (Å²) in [5.41, 5.74) is 6.05. The number of rotatable bonds is 0. The van der Waals surface area contributed by atoms with Crippen LogP contribution in [0, 0.1) is 5.92 Å². The lowest BCUT2D eigenvalue weighted by atomic mass is 9.94. The number of hydrogen-bond donors (Lipinski definition) is 1. The monoisotopic (exact) mass is 239 g/mol. The summed E-state index contributed by atoms with van der Waals surface area (Å²) in [6.45, 7) is 5.65. The molecule has 2 fully saturated rings. The number of nitrogens with two attached hydrogens (primary N) is 1. The van der Waals surface area contributed by atoms with Gasteiger partial charge in [-0.05, 0) is 25.2 Å². The van der Waals surface area contributed by atoms with Crippen molar-refractivity contribution in [1.29, 1.82) is 0 Å². The van der Waals surface area contributed by atoms with Crippen LogP contribution in [0.5, 0.6) is 0 Å². The Morgan fingerprint density at radius 3 is 2.29 bits per heavy atom. The molecule has 4 nitrogen and oxygen atoms in total. The van der Waals surface area contributed by atoms with E-state index >= 15 is 0 Å². The van der Waals surface area contributed by atoms with Crippen molar-refractivity contribution in [2.24, 2.45) is 11.7 Å². The zero-order chi connectivity index (χ0) is 12.3. The second kappa shape index (κ2) is 5.71. The first kappa shape index (κ1) is 12.7. The van der Waals surface area contributed by atoms with Gasteiger partial charge in [-0.25, -0.2) is 4.79 Å². The minimum atomic E-state index is 0.152. The van der Waals surface area contributed by atoms with Gasteiger partial charge in [0.2, 0.25) is 0 Å². The van der Waals surface area contributed by atoms with Gasteiger partial charge in [0.1, 0.15) is 0 Å². The quantitative estimate of drug-likeness (QED) is 0.699. The van der Waals surface area contributed by atoms with E-state index in [9.17, 15) is 4.79 Å². The predicted molar refractivity (Wildman–Crippen MR) is 68.8 cm³/mol. The lowest BCUT2D eigenvalue weighted by Gasteiger charge is -2.37. The van der Waals surface area contributed by atoms with Gasteiger partial charge in [-0.1, -0.05) is 19.8 Å². The molecule has 2 heterocycles. The van der Waals surface area contributed by atoms with Crippen LogP contribution in [-0.4, -0.2) is 48.1 Å². The summed E-state index contributed by atoms with van der Waals surface area (Å²) in [5, 5.41) is 0. The molecule has 0 saturated carbocycles. The molecule has 2 aliphatic heterocycles. The van der Waals surface area contributed by atoms with E-state index in [1.165, 1.54) is 12.8 Å². The third-order valence-electron chi connectivity index (χ3n) is 4.16. The average Bonchev–Trinajstić information content (AvgIpc) is 2.60. The molecule has 2 unspecified atom stereocenters. The van der Waals surface area contributed by atoms with E-state index in [1.54, 1.807) is 0 Å². The van der Waals surface area contributed by atoms with Gasteiger partial charge in [0.05, 0.1) is 0 Å². The van der Waals surface area contributed by atoms with Crippen molar-refractivity contribution in [3.05, 3.63) is 0 Å². The Morgan fingerprint density at radius 1 is 1.06 bits per heavy atom. The normalized spacial score (nSPS) is 31.2. The van der Waals surface area contributed by atoms with Crippen molar-refractivity contribution in [3.63, 3.8) is 0 Å². The highest BCUT2D eigenvalue weighted by Gasteiger charge is 2.29. The van der Waals surface area contributed by atoms with E-state index in [4.69, 9.17) is 5.73 Å². The van der Waals surface area contributed by atoms with Crippen molar-refractivity contribution in [2.75, 3.05) is 26.2 Å². The van der Waals surface area contributed by atoms with Gasteiger partial charge in [0.25, 0.3) is 0 Å². The largest absolute Gasteiger partial charge is 0.326 e. The van der Waals surface area contributed by atoms with Crippen LogP contribution in [0.2, 0.25) is 0 Å². The van der Waals surface area contributed by atoms with Crippen molar-refractivity contribution in [2.45, 2.75) is 45.1 Å². The summed E-state index contributed by atoms with van der Waals surface area (Å²) in [6.07, 6.45) is 5.88. The van der Waals surface area contributed by atoms with Crippen molar-refractivity contribution in [1.82, 2.24) is 9.80 Å². The molecule has 2 saturated heterocycles. The van der Waals surface area contributed by atoms with E-state index in [-0.39, 0.29) is 12.1 Å². The fourth-order valence-corrected chi connectivity index (χ4v) is 2.73. The molecule has 2 rings (SSSR count). The molecular weight excluding hydrogens is 214 g/mol. The Morgan fingerprint density at radius 2 is 1.71 bits per heavy atom. The number of hydrogen-bond acceptors (Lipinski definition) is 2. The first-order valence-corrected chi connectivity index (χ1v) is 6.98. The Bertz CT molecular complexity index is 261. The summed E-state index contributed by atoms with van der Waals surface area (Å²) in [7, 11) is 0. The minimum Gasteiger partial charge on any atom is -0.326 e. The molecule has 0 aromatic rings. The fraction of sp³-hybridized carbons (Fsp3) is 0.923. The molecule has 17 heavy (non-hydrogen) atoms. The Kier molecular flexibility index (Phi) is 4.26. The van der Waals surface area contributed by atoms with Gasteiger partial charge in [-0.3, -0.25) is 0 Å². The highest BCUT2D eigenvalue weighted by Crippen LogP contribution is 2.18. The smallest absolute Gasteiger partial charge is 0.320 e. The number of nitrogens with zero attached hydrogens (tertiary/aromatic N) is 2. The number of carbonyl (C=O) groups excluding carboxylic acids is 1. The first-order chi connectivity index (χ1) is 8.18. The zero-order valence-electron chi connectivity index (χ0n) is 10.9. The molecule has 2 N–H and O–H groups in total. The van der Waals surface area contributed by atoms with Crippen LogP contribution in [-0.2, 0) is 0 Å². The number of likely N-dealkylation sites (tertiary alicyclic amines) is 2. The second-order valence-corrected chi connectivity index (χ2v) is 5.56. The lowest BCUT2D eigenvalue weighted by Crippen LogP contribution is -2.53. The molecule has 0 aromatic carbocycles. The minimum absolute atomic E-state index is 0.152. The summed E-state index contributed by atoms with van der Waals surface area (Å²) < 4.78 is 0. The molecular formula is C13H25N3O. The molecule has 4 heteroatoms. The van der Waals surface area contributed by atoms with Crippen LogP contribution in [0.1, 0.15) is 39.0 Å². The molecule has 98 valence electrons. The highest BCUT2D eigenvalue weighted by atomic mass is 16.2. The fourth-order valence-electron chi connectivity index (χ4n) is 2.73. The second-order valence-electron chi connectivity index (χ2n) is 5.56. The molecule has 0 aliphatic carbocycles. The maximum absolute atomic E-state index is 12.4. The van der Waals surface area contributed by atoms with Crippen LogP contribution in [0.4, 0.5) is 4.79 Å². The van der Waals surface area contributed by atoms with Crippen LogP contribution in [0.15, 0.2) is 0 Å². The van der Waals surface area contributed by atoms with Gasteiger partial charge in [0.15, 0.2) is 0 Å². The Labute approximate surface area is 104 Å². The molecule has 0 aromatic heterocycles. The van der Waals surface area contributed by atoms with Crippen LogP contribution < -0.4 is 5.73 Å². The third-order valence-corrected chi connectivity index (χ3v) is 4.16. The van der Waals surface area contributed by atoms with E-state index in [2.05, 4.69) is 6.92 Å². The molecule has 0 radical (unpaired) electrons. The molecule has 0 spiro atoms. The van der Waals surface area contributed by atoms with Crippen LogP contribution in [0.25, 0.3) is 0 Å². The average molecular weight is 239 g/mol. The van der Waals surface area contributed by atoms with Gasteiger partial charge in [0, 0.05) is 32.2 Å². The molecule has 2 amide bonds. The van der Waals surface area contributed by atoms with Gasteiger partial charge >= 0.3 is 6.03 Å². The number of urea groups is 1. The van der Waals surface area contributed by atoms with E-state index in [1.807, 2.05) is 9.80 Å². The third kappa shape index (κ3) is 3.12. The number of piperidine rings is 1. The van der Waals surface area contributed by atoms with Crippen LogP contribution in [0.3, 0.4) is 0 Å². The van der Waals surface area contributed by atoms with Crippen molar-refractivity contribution in [3.8, 4) is 0 Å². The summed E-state index contributed by atoms with van der Waals surface area (Å²) in [4.78, 5) is 16.3. The number of amides is 2. The summed E-state index contributed by atoms with van der Waals surface area (Å²) in [5.74, 6) is 0.545. The van der Waals surface area contributed by atoms with Crippen molar-refractivity contribution < 1.29 is 4.79 Å². The molecule has 0 bridgehead atoms. The molecule has 2 aliphatic rings. The Hall–Kier alpha value is -0.770. The maximum Gasteiger partial charge on any atom is 0.320 e. The number of carbonyl (C=O) groups is 1. The Balaban J connectivity index is 1.90. The summed E-state index contributed by atoms with van der Waals surface area (Å²) >= 11 is 0. The standard InChI is InChI=1S/C13H25N3O/c1-11-6-9-16(10-12(11)14)13(17)15-7-4-2-3-5-8-15/h11-12H,2-10,14H2,1H3. The first-order valence-electron chi connectivity index (χ1n) is 6.98. The SMILES string of the molecule is CC1CCN(C(=O)N2CCCCCC2)CC1N. The van der Waals surface area contributed by atoms with E-state index in [0.29, 0.717) is 5.92 Å². The summed E-state index contributed by atoms with van der Waals surface area (Å²) in [6, 6.07) is 0.369. The highest BCUT2D eigenvalue weighted by molar-refractivity contribution is 5.74. The van der Waals surface area contributed by atoms with E-state index < -0.39 is 0 Å². The van der Waals surface area contributed by atoms with Crippen LogP contribution >= 0.6 is 0 Å². The lowest BCUT2D eigenvalue weighted by molar-refractivity contribution is 0.128. The van der Waals surface area contributed by atoms with Gasteiger partial charge in [-0.15, -0.1) is 0 Å². The topological polar surface area (TPSA) is 49.6 Å². The zero-order valence-corrected chi connectivity index (χ0v) is 10.9. The molecule has 2 atom stereocenters. The van der Waals surface area contributed by atoms with E-state index in [0.717, 1.165) is 45.4 Å². The van der Waals surface area contributed by atoms with Gasteiger partial charge in [-0.2, -0.15) is 0 Å². The van der Waals surface area contributed by atoms with Crippen molar-refractivity contribution >= 4 is 6.03 Å². The maximum atomic E-state index is 12.4. The predicted octanol–water partition coefficient (Wildman–Crippen LogP) is 1.65.